The molecule has 222 valence electrons. The molecule has 4 aromatic rings. The van der Waals surface area contributed by atoms with Crippen molar-refractivity contribution in [1.29, 1.82) is 0 Å². The van der Waals surface area contributed by atoms with Crippen LogP contribution in [0.1, 0.15) is 52.3 Å². The van der Waals surface area contributed by atoms with Crippen molar-refractivity contribution in [1.82, 2.24) is 35.2 Å². The quantitative estimate of drug-likeness (QED) is 0.254. The first-order valence-corrected chi connectivity index (χ1v) is 13.8. The predicted octanol–water partition coefficient (Wildman–Crippen LogP) is 3.57. The zero-order valence-electron chi connectivity index (χ0n) is 24.6. The van der Waals surface area contributed by atoms with Crippen molar-refractivity contribution in [2.24, 2.45) is 13.0 Å². The molecule has 0 spiro atoms. The van der Waals surface area contributed by atoms with Gasteiger partial charge in [-0.25, -0.2) is 0 Å². The molecule has 13 heteroatoms. The molecule has 3 aromatic heterocycles. The number of rotatable bonds is 10. The molecular formula is C30H33N9O4. The number of methoxy groups -OCH3 is 1. The van der Waals surface area contributed by atoms with Crippen molar-refractivity contribution in [3.05, 3.63) is 71.9 Å². The van der Waals surface area contributed by atoms with Crippen molar-refractivity contribution in [2.45, 2.75) is 25.8 Å². The van der Waals surface area contributed by atoms with Crippen molar-refractivity contribution < 1.29 is 19.1 Å². The molecule has 43 heavy (non-hydrogen) atoms. The molecule has 0 bridgehead atoms. The van der Waals surface area contributed by atoms with E-state index in [-0.39, 0.29) is 35.3 Å². The van der Waals surface area contributed by atoms with E-state index in [1.165, 1.54) is 14.2 Å². The standard InChI is InChI=1S/C30H33N9O4/c1-17(20-15-33-38(3)16-20)39(4)30(42)23-12-11-19(14-32-23)21-7-6-8-22(27(21)43-5)34-24-13-25(35-28(40)18-9-10-18)36-37-26(24)29(41)31-2/h6-8,11-18H,9-10H2,1-5H3,(H,31,41)(H2,34,35,36,40)/t17-/m1/s1. The Balaban J connectivity index is 1.40. The largest absolute Gasteiger partial charge is 0.494 e. The number of hydrogen-bond donors (Lipinski definition) is 3. The van der Waals surface area contributed by atoms with Gasteiger partial charge in [-0.1, -0.05) is 18.2 Å². The molecule has 3 N–H and O–H groups in total. The number of ether oxygens (including phenoxy) is 1. The Morgan fingerprint density at radius 1 is 1.09 bits per heavy atom. The highest BCUT2D eigenvalue weighted by Crippen LogP contribution is 2.38. The number of amides is 3. The molecule has 1 atom stereocenters. The second-order valence-corrected chi connectivity index (χ2v) is 10.3. The van der Waals surface area contributed by atoms with Gasteiger partial charge in [0.1, 0.15) is 11.4 Å². The topological polar surface area (TPSA) is 156 Å². The summed E-state index contributed by atoms with van der Waals surface area (Å²) in [4.78, 5) is 44.1. The van der Waals surface area contributed by atoms with Crippen molar-refractivity contribution in [3.63, 3.8) is 0 Å². The predicted molar refractivity (Wildman–Crippen MR) is 160 cm³/mol. The summed E-state index contributed by atoms with van der Waals surface area (Å²) in [5.41, 5.74) is 3.58. The summed E-state index contributed by atoms with van der Waals surface area (Å²) in [6.07, 6.45) is 6.92. The van der Waals surface area contributed by atoms with Crippen LogP contribution in [0.15, 0.2) is 55.0 Å². The van der Waals surface area contributed by atoms with E-state index in [0.29, 0.717) is 28.4 Å². The van der Waals surface area contributed by atoms with E-state index in [1.54, 1.807) is 53.3 Å². The summed E-state index contributed by atoms with van der Waals surface area (Å²) in [5, 5.41) is 20.8. The van der Waals surface area contributed by atoms with Crippen LogP contribution in [0.3, 0.4) is 0 Å². The smallest absolute Gasteiger partial charge is 0.273 e. The molecule has 3 heterocycles. The summed E-state index contributed by atoms with van der Waals surface area (Å²) in [5.74, 6) is -0.101. The molecule has 0 radical (unpaired) electrons. The molecule has 0 unspecified atom stereocenters. The summed E-state index contributed by atoms with van der Waals surface area (Å²) >= 11 is 0. The van der Waals surface area contributed by atoms with Gasteiger partial charge < -0.3 is 25.6 Å². The van der Waals surface area contributed by atoms with Crippen LogP contribution in [-0.2, 0) is 11.8 Å². The normalized spacial score (nSPS) is 13.1. The van der Waals surface area contributed by atoms with Crippen molar-refractivity contribution >= 4 is 34.9 Å². The van der Waals surface area contributed by atoms with E-state index in [4.69, 9.17) is 4.74 Å². The lowest BCUT2D eigenvalue weighted by Crippen LogP contribution is -2.30. The zero-order valence-corrected chi connectivity index (χ0v) is 24.6. The number of nitrogens with one attached hydrogen (secondary N) is 3. The number of carbonyl (C=O) groups excluding carboxylic acids is 3. The highest BCUT2D eigenvalue weighted by atomic mass is 16.5. The number of pyridine rings is 1. The molecule has 13 nitrogen and oxygen atoms in total. The van der Waals surface area contributed by atoms with Gasteiger partial charge in [-0.05, 0) is 31.9 Å². The first-order chi connectivity index (χ1) is 20.7. The van der Waals surface area contributed by atoms with Gasteiger partial charge in [-0.15, -0.1) is 10.2 Å². The van der Waals surface area contributed by atoms with E-state index < -0.39 is 5.91 Å². The van der Waals surface area contributed by atoms with Crippen LogP contribution in [-0.4, -0.2) is 68.8 Å². The third-order valence-electron chi connectivity index (χ3n) is 7.33. The van der Waals surface area contributed by atoms with Crippen molar-refractivity contribution in [3.8, 4) is 16.9 Å². The average Bonchev–Trinajstić information content (AvgIpc) is 3.79. The fraction of sp³-hybridized carbons (Fsp3) is 0.300. The second-order valence-electron chi connectivity index (χ2n) is 10.3. The van der Waals surface area contributed by atoms with Crippen LogP contribution in [0.5, 0.6) is 5.75 Å². The molecule has 1 saturated carbocycles. The minimum atomic E-state index is -0.447. The third-order valence-corrected chi connectivity index (χ3v) is 7.33. The van der Waals surface area contributed by atoms with Crippen LogP contribution >= 0.6 is 0 Å². The molecule has 1 fully saturated rings. The fourth-order valence-corrected chi connectivity index (χ4v) is 4.55. The Labute approximate surface area is 248 Å². The van der Waals surface area contributed by atoms with Crippen molar-refractivity contribution in [2.75, 3.05) is 31.8 Å². The number of carbonyl (C=O) groups is 3. The maximum atomic E-state index is 13.2. The molecular weight excluding hydrogens is 550 g/mol. The summed E-state index contributed by atoms with van der Waals surface area (Å²) < 4.78 is 7.48. The minimum absolute atomic E-state index is 0.0196. The monoisotopic (exact) mass is 583 g/mol. The van der Waals surface area contributed by atoms with Crippen LogP contribution in [0.2, 0.25) is 0 Å². The molecule has 5 rings (SSSR count). The first kappa shape index (κ1) is 29.2. The maximum absolute atomic E-state index is 13.2. The lowest BCUT2D eigenvalue weighted by atomic mass is 10.0. The number of anilines is 3. The fourth-order valence-electron chi connectivity index (χ4n) is 4.55. The van der Waals surface area contributed by atoms with Crippen LogP contribution in [0.25, 0.3) is 11.1 Å². The maximum Gasteiger partial charge on any atom is 0.273 e. The molecule has 1 aliphatic rings. The number of para-hydroxylation sites is 1. The van der Waals surface area contributed by atoms with Gasteiger partial charge in [0.15, 0.2) is 11.5 Å². The Bertz CT molecular complexity index is 1660. The highest BCUT2D eigenvalue weighted by molar-refractivity contribution is 6.00. The van der Waals surface area contributed by atoms with Gasteiger partial charge in [0.05, 0.1) is 30.7 Å². The summed E-state index contributed by atoms with van der Waals surface area (Å²) in [7, 11) is 6.60. The Morgan fingerprint density at radius 3 is 2.51 bits per heavy atom. The zero-order chi connectivity index (χ0) is 30.7. The third kappa shape index (κ3) is 6.30. The van der Waals surface area contributed by atoms with E-state index in [9.17, 15) is 14.4 Å². The number of aryl methyl sites for hydroxylation is 1. The highest BCUT2D eigenvalue weighted by Gasteiger charge is 2.30. The number of benzene rings is 1. The van der Waals surface area contributed by atoms with E-state index in [0.717, 1.165) is 24.0 Å². The summed E-state index contributed by atoms with van der Waals surface area (Å²) in [6, 6.07) is 10.3. The van der Waals surface area contributed by atoms with Gasteiger partial charge in [0.25, 0.3) is 11.8 Å². The van der Waals surface area contributed by atoms with Crippen LogP contribution in [0.4, 0.5) is 17.2 Å². The Hall–Kier alpha value is -5.33. The Morgan fingerprint density at radius 2 is 1.88 bits per heavy atom. The molecule has 0 saturated heterocycles. The Kier molecular flexibility index (Phi) is 8.32. The van der Waals surface area contributed by atoms with Gasteiger partial charge >= 0.3 is 0 Å². The lowest BCUT2D eigenvalue weighted by Gasteiger charge is -2.23. The average molecular weight is 584 g/mol. The molecule has 1 aromatic carbocycles. The second kappa shape index (κ2) is 12.3. The van der Waals surface area contributed by atoms with Gasteiger partial charge in [-0.2, -0.15) is 5.10 Å². The number of nitrogens with zero attached hydrogens (tertiary/aromatic N) is 6. The lowest BCUT2D eigenvalue weighted by molar-refractivity contribution is -0.117. The van der Waals surface area contributed by atoms with Crippen LogP contribution in [0, 0.1) is 5.92 Å². The van der Waals surface area contributed by atoms with E-state index in [2.05, 4.69) is 36.2 Å². The SMILES string of the molecule is CNC(=O)c1nnc(NC(=O)C2CC2)cc1Nc1cccc(-c2ccc(C(=O)N(C)[C@H](C)c3cnn(C)c3)nc2)c1OC. The van der Waals surface area contributed by atoms with Gasteiger partial charge in [0.2, 0.25) is 5.91 Å². The van der Waals surface area contributed by atoms with Gasteiger partial charge in [-0.3, -0.25) is 24.0 Å². The van der Waals surface area contributed by atoms with Crippen LogP contribution < -0.4 is 20.7 Å². The number of hydrogen-bond acceptors (Lipinski definition) is 9. The molecule has 3 amide bonds. The van der Waals surface area contributed by atoms with E-state index in [1.807, 2.05) is 32.3 Å². The number of aromatic nitrogens is 5. The minimum Gasteiger partial charge on any atom is -0.494 e. The van der Waals surface area contributed by atoms with Gasteiger partial charge in [0, 0.05) is 62.2 Å². The summed E-state index contributed by atoms with van der Waals surface area (Å²) in [6.45, 7) is 1.94. The van der Waals surface area contributed by atoms with E-state index >= 15 is 0 Å². The molecule has 0 aliphatic heterocycles. The first-order valence-electron chi connectivity index (χ1n) is 13.8. The molecule has 1 aliphatic carbocycles.